The molecule has 1 amide bonds. The predicted octanol–water partition coefficient (Wildman–Crippen LogP) is 4.06. The van der Waals surface area contributed by atoms with Crippen LogP contribution in [-0.4, -0.2) is 60.4 Å². The van der Waals surface area contributed by atoms with E-state index in [1.807, 2.05) is 18.2 Å². The molecule has 0 spiro atoms. The van der Waals surface area contributed by atoms with Crippen molar-refractivity contribution < 1.29 is 14.3 Å². The molecule has 7 nitrogen and oxygen atoms in total. The summed E-state index contributed by atoms with van der Waals surface area (Å²) in [6.45, 7) is 10.2. The van der Waals surface area contributed by atoms with Gasteiger partial charge in [0.25, 0.3) is 5.91 Å². The van der Waals surface area contributed by atoms with E-state index in [9.17, 15) is 4.79 Å². The summed E-state index contributed by atoms with van der Waals surface area (Å²) in [4.78, 5) is 23.6. The predicted molar refractivity (Wildman–Crippen MR) is 130 cm³/mol. The van der Waals surface area contributed by atoms with Gasteiger partial charge in [-0.3, -0.25) is 4.79 Å². The van der Waals surface area contributed by atoms with Gasteiger partial charge in [-0.1, -0.05) is 6.07 Å². The first-order valence-electron chi connectivity index (χ1n) is 11.8. The third-order valence-electron chi connectivity index (χ3n) is 6.57. The van der Waals surface area contributed by atoms with Gasteiger partial charge in [-0.2, -0.15) is 0 Å². The molecule has 0 unspecified atom stereocenters. The van der Waals surface area contributed by atoms with Crippen LogP contribution in [0.25, 0.3) is 22.4 Å². The monoisotopic (exact) mass is 448 g/mol. The van der Waals surface area contributed by atoms with Crippen LogP contribution >= 0.6 is 0 Å². The zero-order valence-electron chi connectivity index (χ0n) is 19.6. The fraction of sp³-hybridized carbons (Fsp3) is 0.462. The minimum absolute atomic E-state index is 0.0763. The molecular weight excluding hydrogens is 416 g/mol. The third-order valence-corrected chi connectivity index (χ3v) is 6.57. The molecule has 2 aromatic carbocycles. The summed E-state index contributed by atoms with van der Waals surface area (Å²) in [5.41, 5.74) is 5.40. The first-order chi connectivity index (χ1) is 15.9. The van der Waals surface area contributed by atoms with Crippen molar-refractivity contribution in [3.8, 4) is 11.4 Å². The molecule has 0 bridgehead atoms. The highest BCUT2D eigenvalue weighted by Gasteiger charge is 2.27. The molecular formula is C26H32N4O3. The van der Waals surface area contributed by atoms with Gasteiger partial charge in [-0.25, -0.2) is 4.98 Å². The molecule has 0 atom stereocenters. The van der Waals surface area contributed by atoms with E-state index in [0.29, 0.717) is 24.3 Å². The summed E-state index contributed by atoms with van der Waals surface area (Å²) >= 11 is 0. The van der Waals surface area contributed by atoms with E-state index in [0.717, 1.165) is 55.0 Å². The lowest BCUT2D eigenvalue weighted by atomic mass is 10.0. The van der Waals surface area contributed by atoms with Gasteiger partial charge in [0.2, 0.25) is 0 Å². The highest BCUT2D eigenvalue weighted by atomic mass is 16.5. The lowest BCUT2D eigenvalue weighted by Crippen LogP contribution is -2.48. The van der Waals surface area contributed by atoms with Gasteiger partial charge in [0.1, 0.15) is 11.3 Å². The van der Waals surface area contributed by atoms with Gasteiger partial charge < -0.3 is 24.7 Å². The van der Waals surface area contributed by atoms with Gasteiger partial charge in [0.05, 0.1) is 23.3 Å². The lowest BCUT2D eigenvalue weighted by Gasteiger charge is -2.39. The van der Waals surface area contributed by atoms with Gasteiger partial charge in [0.15, 0.2) is 0 Å². The molecule has 2 aliphatic rings. The highest BCUT2D eigenvalue weighted by Crippen LogP contribution is 2.30. The standard InChI is InChI=1S/C26H32N4O3/c1-17-15-19(30-11-14-33-26(2,3)16-30)7-8-20(17)24-28-22-6-4-5-21(23(22)29-24)25(31)27-18-9-12-32-13-10-18/h4-8,15,18H,9-14,16H2,1-3H3,(H,27,31)(H,28,29). The largest absolute Gasteiger partial charge is 0.381 e. The molecule has 2 saturated heterocycles. The Morgan fingerprint density at radius 2 is 2.00 bits per heavy atom. The van der Waals surface area contributed by atoms with Crippen molar-refractivity contribution in [3.05, 3.63) is 47.5 Å². The maximum Gasteiger partial charge on any atom is 0.253 e. The second kappa shape index (κ2) is 8.80. The van der Waals surface area contributed by atoms with Crippen LogP contribution in [0.3, 0.4) is 0 Å². The van der Waals surface area contributed by atoms with Gasteiger partial charge >= 0.3 is 0 Å². The van der Waals surface area contributed by atoms with Gasteiger partial charge in [-0.15, -0.1) is 0 Å². The number of ether oxygens (including phenoxy) is 2. The Labute approximate surface area is 194 Å². The number of fused-ring (bicyclic) bond motifs is 1. The zero-order chi connectivity index (χ0) is 23.0. The number of hydrogen-bond donors (Lipinski definition) is 2. The van der Waals surface area contributed by atoms with Crippen LogP contribution in [0.5, 0.6) is 0 Å². The van der Waals surface area contributed by atoms with Crippen molar-refractivity contribution in [2.24, 2.45) is 0 Å². The summed E-state index contributed by atoms with van der Waals surface area (Å²) in [5.74, 6) is 0.704. The number of hydrogen-bond acceptors (Lipinski definition) is 5. The Morgan fingerprint density at radius 3 is 2.76 bits per heavy atom. The number of nitrogens with zero attached hydrogens (tertiary/aromatic N) is 2. The Balaban J connectivity index is 1.41. The van der Waals surface area contributed by atoms with E-state index in [-0.39, 0.29) is 17.6 Å². The van der Waals surface area contributed by atoms with Crippen LogP contribution in [0.15, 0.2) is 36.4 Å². The molecule has 2 N–H and O–H groups in total. The van der Waals surface area contributed by atoms with E-state index >= 15 is 0 Å². The normalized spacial score (nSPS) is 19.1. The minimum Gasteiger partial charge on any atom is -0.381 e. The average Bonchev–Trinajstić information content (AvgIpc) is 3.23. The number of morpholine rings is 1. The van der Waals surface area contributed by atoms with E-state index in [4.69, 9.17) is 14.5 Å². The number of benzene rings is 2. The lowest BCUT2D eigenvalue weighted by molar-refractivity contribution is -0.0276. The fourth-order valence-electron chi connectivity index (χ4n) is 4.80. The number of para-hydroxylation sites is 1. The van der Waals surface area contributed by atoms with Gasteiger partial charge in [0, 0.05) is 43.6 Å². The van der Waals surface area contributed by atoms with Crippen LogP contribution in [0.1, 0.15) is 42.6 Å². The maximum absolute atomic E-state index is 13.0. The first kappa shape index (κ1) is 21.9. The van der Waals surface area contributed by atoms with Crippen molar-refractivity contribution in [2.45, 2.75) is 45.3 Å². The van der Waals surface area contributed by atoms with Crippen molar-refractivity contribution in [3.63, 3.8) is 0 Å². The summed E-state index contributed by atoms with van der Waals surface area (Å²) in [6.07, 6.45) is 1.69. The van der Waals surface area contributed by atoms with E-state index in [1.54, 1.807) is 0 Å². The van der Waals surface area contributed by atoms with Crippen LogP contribution in [0.2, 0.25) is 0 Å². The second-order valence-corrected chi connectivity index (χ2v) is 9.68. The summed E-state index contributed by atoms with van der Waals surface area (Å²) in [5, 5.41) is 3.15. The fourth-order valence-corrected chi connectivity index (χ4v) is 4.80. The molecule has 0 aliphatic carbocycles. The molecule has 2 fully saturated rings. The molecule has 3 aromatic rings. The summed E-state index contributed by atoms with van der Waals surface area (Å²) in [7, 11) is 0. The van der Waals surface area contributed by atoms with Crippen molar-refractivity contribution in [1.82, 2.24) is 15.3 Å². The number of rotatable bonds is 4. The average molecular weight is 449 g/mol. The Kier molecular flexibility index (Phi) is 5.85. The molecule has 5 rings (SSSR count). The molecule has 33 heavy (non-hydrogen) atoms. The number of aromatic nitrogens is 2. The van der Waals surface area contributed by atoms with Crippen LogP contribution in [0.4, 0.5) is 5.69 Å². The number of anilines is 1. The smallest absolute Gasteiger partial charge is 0.253 e. The van der Waals surface area contributed by atoms with E-state index in [1.165, 1.54) is 5.69 Å². The molecule has 174 valence electrons. The highest BCUT2D eigenvalue weighted by molar-refractivity contribution is 6.05. The Bertz CT molecular complexity index is 1160. The summed E-state index contributed by atoms with van der Waals surface area (Å²) < 4.78 is 11.3. The molecule has 1 aromatic heterocycles. The quantitative estimate of drug-likeness (QED) is 0.629. The molecule has 2 aliphatic heterocycles. The molecule has 0 radical (unpaired) electrons. The number of carbonyl (C=O) groups is 1. The van der Waals surface area contributed by atoms with Crippen molar-refractivity contribution >= 4 is 22.6 Å². The molecule has 3 heterocycles. The SMILES string of the molecule is Cc1cc(N2CCOC(C)(C)C2)ccc1-c1nc2c(C(=O)NC3CCOCC3)cccc2[nH]1. The molecule has 0 saturated carbocycles. The van der Waals surface area contributed by atoms with Crippen LogP contribution in [-0.2, 0) is 9.47 Å². The van der Waals surface area contributed by atoms with Crippen LogP contribution < -0.4 is 10.2 Å². The number of carbonyl (C=O) groups excluding carboxylic acids is 1. The van der Waals surface area contributed by atoms with Gasteiger partial charge in [-0.05, 0) is 69.5 Å². The second-order valence-electron chi connectivity index (χ2n) is 9.68. The summed E-state index contributed by atoms with van der Waals surface area (Å²) in [6, 6.07) is 12.3. The number of nitrogens with one attached hydrogen (secondary N) is 2. The number of imidazole rings is 1. The molecule has 7 heteroatoms. The van der Waals surface area contributed by atoms with Crippen molar-refractivity contribution in [2.75, 3.05) is 37.8 Å². The topological polar surface area (TPSA) is 79.5 Å². The van der Waals surface area contributed by atoms with Crippen molar-refractivity contribution in [1.29, 1.82) is 0 Å². The number of amides is 1. The van der Waals surface area contributed by atoms with Crippen LogP contribution in [0, 0.1) is 6.92 Å². The first-order valence-corrected chi connectivity index (χ1v) is 11.8. The minimum atomic E-state index is -0.148. The number of aromatic amines is 1. The number of aryl methyl sites for hydroxylation is 1. The third kappa shape index (κ3) is 4.61. The van der Waals surface area contributed by atoms with E-state index < -0.39 is 0 Å². The maximum atomic E-state index is 13.0. The zero-order valence-corrected chi connectivity index (χ0v) is 19.6. The van der Waals surface area contributed by atoms with E-state index in [2.05, 4.69) is 54.2 Å². The number of H-pyrrole nitrogens is 1. The Morgan fingerprint density at radius 1 is 1.18 bits per heavy atom. The Hall–Kier alpha value is -2.90.